The summed E-state index contributed by atoms with van der Waals surface area (Å²) in [6, 6.07) is -0.937. The average Bonchev–Trinajstić information content (AvgIpc) is 2.21. The number of nitrogens with zero attached hydrogens (tertiary/aromatic N) is 1. The van der Waals surface area contributed by atoms with E-state index in [2.05, 4.69) is 0 Å². The fourth-order valence-corrected chi connectivity index (χ4v) is 2.24. The zero-order valence-electron chi connectivity index (χ0n) is 11.6. The van der Waals surface area contributed by atoms with Crippen LogP contribution in [0.15, 0.2) is 0 Å². The molecule has 0 radical (unpaired) electrons. The van der Waals surface area contributed by atoms with Gasteiger partial charge in [-0.2, -0.15) is 0 Å². The molecule has 8 heteroatoms. The normalized spacial score (nSPS) is 13.3. The molecule has 2 amide bonds. The Morgan fingerprint density at radius 1 is 1.26 bits per heavy atom. The topological polar surface area (TPSA) is 124 Å². The summed E-state index contributed by atoms with van der Waals surface area (Å²) in [5.74, 6) is -1.07. The largest absolute Gasteiger partial charge is 0.368 e. The quantitative estimate of drug-likeness (QED) is 0.577. The van der Waals surface area contributed by atoms with Gasteiger partial charge < -0.3 is 16.4 Å². The minimum Gasteiger partial charge on any atom is -0.368 e. The van der Waals surface area contributed by atoms with E-state index in [9.17, 15) is 18.0 Å². The zero-order chi connectivity index (χ0) is 15.2. The van der Waals surface area contributed by atoms with Crippen molar-refractivity contribution >= 4 is 21.7 Å². The molecule has 0 bridgehead atoms. The van der Waals surface area contributed by atoms with Crippen LogP contribution in [-0.4, -0.2) is 56.3 Å². The van der Waals surface area contributed by atoms with Crippen LogP contribution in [0.25, 0.3) is 0 Å². The van der Waals surface area contributed by atoms with E-state index in [4.69, 9.17) is 11.5 Å². The number of carbonyl (C=O) groups is 2. The van der Waals surface area contributed by atoms with E-state index in [0.29, 0.717) is 6.54 Å². The molecule has 0 spiro atoms. The summed E-state index contributed by atoms with van der Waals surface area (Å²) in [4.78, 5) is 24.2. The van der Waals surface area contributed by atoms with Crippen LogP contribution in [0.3, 0.4) is 0 Å². The molecule has 1 atom stereocenters. The third kappa shape index (κ3) is 8.55. The van der Waals surface area contributed by atoms with Crippen molar-refractivity contribution in [2.24, 2.45) is 17.4 Å². The van der Waals surface area contributed by atoms with Crippen molar-refractivity contribution in [2.75, 3.05) is 25.1 Å². The van der Waals surface area contributed by atoms with E-state index in [0.717, 1.165) is 6.26 Å². The summed E-state index contributed by atoms with van der Waals surface area (Å²) in [5.41, 5.74) is 10.7. The second kappa shape index (κ2) is 7.44. The van der Waals surface area contributed by atoms with Gasteiger partial charge in [0.05, 0.1) is 18.3 Å². The van der Waals surface area contributed by atoms with Crippen molar-refractivity contribution < 1.29 is 18.0 Å². The van der Waals surface area contributed by atoms with Gasteiger partial charge in [-0.05, 0) is 12.3 Å². The zero-order valence-corrected chi connectivity index (χ0v) is 12.4. The lowest BCUT2D eigenvalue weighted by atomic mass is 10.1. The molecule has 0 saturated heterocycles. The second-order valence-electron chi connectivity index (χ2n) is 5.10. The summed E-state index contributed by atoms with van der Waals surface area (Å²) in [5, 5.41) is 0. The standard InChI is InChI=1S/C11H23N3O4S/c1-8(2)6-14(7-10(13)15)11(16)9(12)4-5-19(3,17)18/h8-9H,4-7,12H2,1-3H3,(H2,13,15). The number of primary amides is 1. The van der Waals surface area contributed by atoms with Gasteiger partial charge in [-0.1, -0.05) is 13.8 Å². The lowest BCUT2D eigenvalue weighted by Gasteiger charge is -2.26. The Labute approximate surface area is 114 Å². The minimum atomic E-state index is -3.17. The van der Waals surface area contributed by atoms with Crippen LogP contribution >= 0.6 is 0 Å². The number of nitrogens with two attached hydrogens (primary N) is 2. The highest BCUT2D eigenvalue weighted by molar-refractivity contribution is 7.90. The predicted octanol–water partition coefficient (Wildman–Crippen LogP) is -1.28. The molecular weight excluding hydrogens is 270 g/mol. The van der Waals surface area contributed by atoms with Crippen LogP contribution in [0, 0.1) is 5.92 Å². The lowest BCUT2D eigenvalue weighted by molar-refractivity contribution is -0.136. The Hall–Kier alpha value is -1.15. The molecule has 0 aliphatic carbocycles. The molecule has 112 valence electrons. The summed E-state index contributed by atoms with van der Waals surface area (Å²) in [6.07, 6.45) is 1.12. The Kier molecular flexibility index (Phi) is 6.99. The third-order valence-corrected chi connectivity index (χ3v) is 3.34. The Morgan fingerprint density at radius 3 is 2.16 bits per heavy atom. The lowest BCUT2D eigenvalue weighted by Crippen LogP contribution is -2.48. The maximum absolute atomic E-state index is 12.0. The van der Waals surface area contributed by atoms with Crippen LogP contribution in [-0.2, 0) is 19.4 Å². The molecule has 4 N–H and O–H groups in total. The molecule has 0 aliphatic heterocycles. The molecule has 0 fully saturated rings. The first-order chi connectivity index (χ1) is 8.53. The van der Waals surface area contributed by atoms with E-state index in [-0.39, 0.29) is 24.6 Å². The van der Waals surface area contributed by atoms with Crippen LogP contribution in [0.2, 0.25) is 0 Å². The van der Waals surface area contributed by atoms with Crippen molar-refractivity contribution in [1.29, 1.82) is 0 Å². The van der Waals surface area contributed by atoms with E-state index in [1.807, 2.05) is 13.8 Å². The number of carbonyl (C=O) groups excluding carboxylic acids is 2. The first kappa shape index (κ1) is 17.8. The van der Waals surface area contributed by atoms with Gasteiger partial charge in [0, 0.05) is 12.8 Å². The summed E-state index contributed by atoms with van der Waals surface area (Å²) in [6.45, 7) is 3.94. The first-order valence-corrected chi connectivity index (χ1v) is 8.09. The van der Waals surface area contributed by atoms with Crippen molar-refractivity contribution in [3.05, 3.63) is 0 Å². The van der Waals surface area contributed by atoms with Crippen LogP contribution < -0.4 is 11.5 Å². The molecule has 0 rings (SSSR count). The number of amides is 2. The third-order valence-electron chi connectivity index (χ3n) is 2.36. The molecule has 19 heavy (non-hydrogen) atoms. The van der Waals surface area contributed by atoms with Gasteiger partial charge in [0.1, 0.15) is 9.84 Å². The van der Waals surface area contributed by atoms with E-state index in [1.54, 1.807) is 0 Å². The molecule has 0 heterocycles. The Morgan fingerprint density at radius 2 is 1.79 bits per heavy atom. The molecule has 0 aromatic carbocycles. The fourth-order valence-electron chi connectivity index (χ4n) is 1.56. The number of rotatable bonds is 8. The first-order valence-electron chi connectivity index (χ1n) is 6.03. The van der Waals surface area contributed by atoms with E-state index < -0.39 is 27.7 Å². The maximum Gasteiger partial charge on any atom is 0.239 e. The van der Waals surface area contributed by atoms with Crippen molar-refractivity contribution in [3.63, 3.8) is 0 Å². The number of hydrogen-bond donors (Lipinski definition) is 2. The Balaban J connectivity index is 4.64. The number of hydrogen-bond acceptors (Lipinski definition) is 5. The average molecular weight is 293 g/mol. The van der Waals surface area contributed by atoms with Crippen molar-refractivity contribution in [3.8, 4) is 0 Å². The second-order valence-corrected chi connectivity index (χ2v) is 7.36. The van der Waals surface area contributed by atoms with Crippen molar-refractivity contribution in [2.45, 2.75) is 26.3 Å². The van der Waals surface area contributed by atoms with Crippen LogP contribution in [0.1, 0.15) is 20.3 Å². The van der Waals surface area contributed by atoms with Crippen molar-refractivity contribution in [1.82, 2.24) is 4.90 Å². The van der Waals surface area contributed by atoms with Gasteiger partial charge in [0.15, 0.2) is 0 Å². The predicted molar refractivity (Wildman–Crippen MR) is 72.9 cm³/mol. The molecule has 7 nitrogen and oxygen atoms in total. The van der Waals surface area contributed by atoms with Gasteiger partial charge in [-0.15, -0.1) is 0 Å². The Bertz CT molecular complexity index is 420. The van der Waals surface area contributed by atoms with Crippen LogP contribution in [0.4, 0.5) is 0 Å². The summed E-state index contributed by atoms with van der Waals surface area (Å²) >= 11 is 0. The van der Waals surface area contributed by atoms with Gasteiger partial charge in [-0.3, -0.25) is 9.59 Å². The highest BCUT2D eigenvalue weighted by atomic mass is 32.2. The fraction of sp³-hybridized carbons (Fsp3) is 0.818. The molecule has 0 aliphatic rings. The summed E-state index contributed by atoms with van der Waals surface area (Å²) in [7, 11) is -3.17. The highest BCUT2D eigenvalue weighted by Crippen LogP contribution is 2.04. The number of sulfone groups is 1. The molecule has 0 aromatic heterocycles. The van der Waals surface area contributed by atoms with Crippen LogP contribution in [0.5, 0.6) is 0 Å². The molecule has 1 unspecified atom stereocenters. The van der Waals surface area contributed by atoms with Gasteiger partial charge >= 0.3 is 0 Å². The van der Waals surface area contributed by atoms with Gasteiger partial charge in [-0.25, -0.2) is 8.42 Å². The van der Waals surface area contributed by atoms with Gasteiger partial charge in [0.25, 0.3) is 0 Å². The minimum absolute atomic E-state index is 0.0328. The summed E-state index contributed by atoms with van der Waals surface area (Å²) < 4.78 is 22.1. The smallest absolute Gasteiger partial charge is 0.239 e. The van der Waals surface area contributed by atoms with E-state index >= 15 is 0 Å². The maximum atomic E-state index is 12.0. The molecule has 0 aromatic rings. The molecule has 0 saturated carbocycles. The van der Waals surface area contributed by atoms with E-state index in [1.165, 1.54) is 4.90 Å². The molecular formula is C11H23N3O4S. The van der Waals surface area contributed by atoms with Gasteiger partial charge in [0.2, 0.25) is 11.8 Å². The highest BCUT2D eigenvalue weighted by Gasteiger charge is 2.23. The SMILES string of the molecule is CC(C)CN(CC(N)=O)C(=O)C(N)CCS(C)(=O)=O. The monoisotopic (exact) mass is 293 g/mol.